The molecular formula is C23H33NO12. The maximum Gasteiger partial charge on any atom is 0.303 e. The Balaban J connectivity index is 3.72. The lowest BCUT2D eigenvalue weighted by Crippen LogP contribution is -2.57. The van der Waals surface area contributed by atoms with Crippen LogP contribution in [-0.4, -0.2) is 71.8 Å². The molecule has 0 N–H and O–H groups in total. The number of ether oxygens (including phenoxy) is 5. The molecule has 0 saturated heterocycles. The number of nitrogens with zero attached hydrogens (tertiary/aromatic N) is 1. The first-order chi connectivity index (χ1) is 16.6. The molecule has 0 aliphatic heterocycles. The Kier molecular flexibility index (Phi) is 11.5. The summed E-state index contributed by atoms with van der Waals surface area (Å²) in [7, 11) is 0. The zero-order valence-electron chi connectivity index (χ0n) is 21.4. The fourth-order valence-electron chi connectivity index (χ4n) is 4.13. The largest absolute Gasteiger partial charge is 0.462 e. The van der Waals surface area contributed by atoms with Crippen LogP contribution in [0.2, 0.25) is 0 Å². The number of nitro groups is 1. The Hall–Kier alpha value is -3.51. The third kappa shape index (κ3) is 9.27. The molecule has 0 amide bonds. The van der Waals surface area contributed by atoms with E-state index in [1.54, 1.807) is 13.8 Å². The summed E-state index contributed by atoms with van der Waals surface area (Å²) in [6, 6.07) is -1.23. The van der Waals surface area contributed by atoms with E-state index >= 15 is 0 Å². The van der Waals surface area contributed by atoms with E-state index in [1.165, 1.54) is 0 Å². The van der Waals surface area contributed by atoms with Gasteiger partial charge in [-0.3, -0.25) is 34.1 Å². The molecule has 0 spiro atoms. The summed E-state index contributed by atoms with van der Waals surface area (Å²) in [6.07, 6.45) is -6.10. The summed E-state index contributed by atoms with van der Waals surface area (Å²) in [5, 5.41) is 12.0. The summed E-state index contributed by atoms with van der Waals surface area (Å²) in [6.45, 7) is 8.22. The number of allylic oxidation sites excluding steroid dienone is 1. The molecule has 0 bridgehead atoms. The molecule has 0 aromatic carbocycles. The number of carbonyl (C=O) groups is 5. The monoisotopic (exact) mass is 515 g/mol. The van der Waals surface area contributed by atoms with E-state index in [2.05, 4.69) is 0 Å². The predicted molar refractivity (Wildman–Crippen MR) is 121 cm³/mol. The number of esters is 5. The van der Waals surface area contributed by atoms with Crippen molar-refractivity contribution < 1.29 is 52.6 Å². The van der Waals surface area contributed by atoms with E-state index < -0.39 is 77.8 Å². The van der Waals surface area contributed by atoms with E-state index in [9.17, 15) is 34.1 Å². The highest BCUT2D eigenvalue weighted by molar-refractivity contribution is 5.69. The lowest BCUT2D eigenvalue weighted by molar-refractivity contribution is -0.535. The van der Waals surface area contributed by atoms with Crippen LogP contribution in [0.15, 0.2) is 11.1 Å². The number of hydrogen-bond donors (Lipinski definition) is 0. The minimum absolute atomic E-state index is 0.0487. The second-order valence-corrected chi connectivity index (χ2v) is 8.66. The minimum atomic E-state index is -1.64. The van der Waals surface area contributed by atoms with Crippen LogP contribution in [0.5, 0.6) is 0 Å². The molecule has 0 fully saturated rings. The van der Waals surface area contributed by atoms with Crippen molar-refractivity contribution in [3.63, 3.8) is 0 Å². The topological polar surface area (TPSA) is 175 Å². The van der Waals surface area contributed by atoms with Crippen molar-refractivity contribution in [1.82, 2.24) is 0 Å². The lowest BCUT2D eigenvalue weighted by atomic mass is 9.76. The van der Waals surface area contributed by atoms with Gasteiger partial charge in [-0.05, 0) is 20.3 Å². The van der Waals surface area contributed by atoms with Crippen LogP contribution in [0, 0.1) is 16.0 Å². The van der Waals surface area contributed by atoms with E-state index in [0.29, 0.717) is 0 Å². The van der Waals surface area contributed by atoms with Crippen LogP contribution in [0.4, 0.5) is 0 Å². The first kappa shape index (κ1) is 30.5. The van der Waals surface area contributed by atoms with Gasteiger partial charge in [0.05, 0.1) is 5.92 Å². The van der Waals surface area contributed by atoms with E-state index in [4.69, 9.17) is 23.7 Å². The SMILES string of the molecule is CC(=O)OC[C@@H](OC(C)=O)[C@H](OC(C)=O)[C@H](OC(C)=O)[C@@H](OC(C)=O)[C@@H]1CC(C)=C(C)C[C@H]1[N+](=O)[O-]. The van der Waals surface area contributed by atoms with Crippen molar-refractivity contribution in [2.45, 2.75) is 91.8 Å². The van der Waals surface area contributed by atoms with Gasteiger partial charge in [0.25, 0.3) is 0 Å². The quantitative estimate of drug-likeness (QED) is 0.128. The zero-order chi connectivity index (χ0) is 27.7. The molecule has 0 aromatic rings. The van der Waals surface area contributed by atoms with Crippen molar-refractivity contribution in [2.24, 2.45) is 5.92 Å². The molecule has 0 unspecified atom stereocenters. The van der Waals surface area contributed by atoms with Crippen LogP contribution in [0.1, 0.15) is 61.3 Å². The van der Waals surface area contributed by atoms with Gasteiger partial charge in [0, 0.05) is 46.0 Å². The van der Waals surface area contributed by atoms with Gasteiger partial charge in [-0.1, -0.05) is 11.1 Å². The standard InChI is InChI=1S/C23H33NO12/c1-11-8-18(19(24(30)31)9-12(11)2)21(34-15(5)27)23(36-17(7)29)22(35-16(6)28)20(33-14(4)26)10-32-13(3)25/h18-23H,8-10H2,1-7H3/t18-,19-,20-,21+,22+,23-/m1/s1. The lowest BCUT2D eigenvalue weighted by Gasteiger charge is -2.40. The summed E-state index contributed by atoms with van der Waals surface area (Å²) >= 11 is 0. The molecule has 13 nitrogen and oxygen atoms in total. The van der Waals surface area contributed by atoms with Gasteiger partial charge in [-0.25, -0.2) is 0 Å². The molecule has 1 aliphatic rings. The number of carbonyl (C=O) groups excluding carboxylic acids is 5. The average molecular weight is 516 g/mol. The summed E-state index contributed by atoms with van der Waals surface area (Å²) in [5.41, 5.74) is 1.61. The van der Waals surface area contributed by atoms with E-state index in [1.807, 2.05) is 0 Å². The normalized spacial score (nSPS) is 20.8. The minimum Gasteiger partial charge on any atom is -0.462 e. The molecule has 202 valence electrons. The average Bonchev–Trinajstić information content (AvgIpc) is 2.72. The summed E-state index contributed by atoms with van der Waals surface area (Å²) < 4.78 is 26.4. The van der Waals surface area contributed by atoms with Crippen LogP contribution in [0.25, 0.3) is 0 Å². The Morgan fingerprint density at radius 1 is 0.778 bits per heavy atom. The fourth-order valence-corrected chi connectivity index (χ4v) is 4.13. The van der Waals surface area contributed by atoms with Gasteiger partial charge in [-0.2, -0.15) is 0 Å². The highest BCUT2D eigenvalue weighted by atomic mass is 16.6. The zero-order valence-corrected chi connectivity index (χ0v) is 21.4. The molecule has 0 saturated carbocycles. The Morgan fingerprint density at radius 3 is 1.69 bits per heavy atom. The van der Waals surface area contributed by atoms with E-state index in [-0.39, 0.29) is 12.8 Å². The number of rotatable bonds is 11. The summed E-state index contributed by atoms with van der Waals surface area (Å²) in [5.74, 6) is -5.20. The molecule has 0 heterocycles. The van der Waals surface area contributed by atoms with Crippen molar-refractivity contribution in [1.29, 1.82) is 0 Å². The van der Waals surface area contributed by atoms with Crippen LogP contribution >= 0.6 is 0 Å². The third-order valence-corrected chi connectivity index (χ3v) is 5.66. The molecule has 13 heteroatoms. The van der Waals surface area contributed by atoms with Crippen molar-refractivity contribution in [3.05, 3.63) is 21.3 Å². The Labute approximate surface area is 208 Å². The van der Waals surface area contributed by atoms with Crippen LogP contribution in [0.3, 0.4) is 0 Å². The molecule has 0 radical (unpaired) electrons. The molecule has 1 rings (SSSR count). The Morgan fingerprint density at radius 2 is 1.25 bits per heavy atom. The Bertz CT molecular complexity index is 911. The predicted octanol–water partition coefficient (Wildman–Crippen LogP) is 1.67. The van der Waals surface area contributed by atoms with Gasteiger partial charge in [0.1, 0.15) is 6.61 Å². The highest BCUT2D eigenvalue weighted by Crippen LogP contribution is 2.37. The molecule has 0 aromatic heterocycles. The van der Waals surface area contributed by atoms with Gasteiger partial charge in [-0.15, -0.1) is 0 Å². The van der Waals surface area contributed by atoms with Gasteiger partial charge in [0.15, 0.2) is 24.4 Å². The second-order valence-electron chi connectivity index (χ2n) is 8.66. The van der Waals surface area contributed by atoms with Crippen molar-refractivity contribution in [2.75, 3.05) is 6.61 Å². The number of hydrogen-bond acceptors (Lipinski definition) is 12. The summed E-state index contributed by atoms with van der Waals surface area (Å²) in [4.78, 5) is 71.0. The maximum atomic E-state index is 12.1. The molecule has 36 heavy (non-hydrogen) atoms. The third-order valence-electron chi connectivity index (χ3n) is 5.66. The first-order valence-electron chi connectivity index (χ1n) is 11.2. The fraction of sp³-hybridized carbons (Fsp3) is 0.696. The smallest absolute Gasteiger partial charge is 0.303 e. The molecule has 1 aliphatic carbocycles. The van der Waals surface area contributed by atoms with Crippen molar-refractivity contribution in [3.8, 4) is 0 Å². The maximum absolute atomic E-state index is 12.1. The van der Waals surface area contributed by atoms with Gasteiger partial charge in [0.2, 0.25) is 6.04 Å². The van der Waals surface area contributed by atoms with E-state index in [0.717, 1.165) is 45.8 Å². The first-order valence-corrected chi connectivity index (χ1v) is 11.2. The van der Waals surface area contributed by atoms with Crippen molar-refractivity contribution >= 4 is 29.8 Å². The van der Waals surface area contributed by atoms with Gasteiger partial charge >= 0.3 is 29.8 Å². The second kappa shape index (κ2) is 13.5. The molecule has 6 atom stereocenters. The van der Waals surface area contributed by atoms with Gasteiger partial charge < -0.3 is 23.7 Å². The highest BCUT2D eigenvalue weighted by Gasteiger charge is 2.52. The molecular weight excluding hydrogens is 482 g/mol. The van der Waals surface area contributed by atoms with Crippen LogP contribution < -0.4 is 0 Å². The van der Waals surface area contributed by atoms with Crippen LogP contribution in [-0.2, 0) is 47.7 Å².